The fourth-order valence-corrected chi connectivity index (χ4v) is 1.88. The van der Waals surface area contributed by atoms with E-state index in [1.54, 1.807) is 7.05 Å². The number of rotatable bonds is 5. The number of nitrogens with zero attached hydrogens (tertiary/aromatic N) is 1. The van der Waals surface area contributed by atoms with Crippen molar-refractivity contribution < 1.29 is 13.6 Å². The molecule has 1 aromatic rings. The molecule has 3 nitrogen and oxygen atoms in total. The average molecular weight is 270 g/mol. The lowest BCUT2D eigenvalue weighted by Gasteiger charge is -2.22. The molecule has 1 rings (SSSR count). The van der Waals surface area contributed by atoms with Crippen LogP contribution < -0.4 is 5.73 Å². The zero-order valence-electron chi connectivity index (χ0n) is 11.5. The van der Waals surface area contributed by atoms with Crippen molar-refractivity contribution in [2.24, 2.45) is 11.7 Å². The molecule has 1 aromatic carbocycles. The van der Waals surface area contributed by atoms with Crippen LogP contribution in [0.4, 0.5) is 8.78 Å². The summed E-state index contributed by atoms with van der Waals surface area (Å²) in [7, 11) is 1.60. The lowest BCUT2D eigenvalue weighted by Crippen LogP contribution is -2.42. The number of likely N-dealkylation sites (N-methyl/N-ethyl adjacent to an activating group) is 1. The van der Waals surface area contributed by atoms with Crippen LogP contribution in [0.5, 0.6) is 0 Å². The number of benzene rings is 1. The molecule has 0 heterocycles. The van der Waals surface area contributed by atoms with E-state index in [0.717, 1.165) is 12.1 Å². The molecule has 0 saturated heterocycles. The molecular weight excluding hydrogens is 250 g/mol. The molecule has 5 heteroatoms. The van der Waals surface area contributed by atoms with Crippen LogP contribution in [0.15, 0.2) is 18.2 Å². The molecule has 0 unspecified atom stereocenters. The first-order chi connectivity index (χ1) is 8.81. The third kappa shape index (κ3) is 4.59. The van der Waals surface area contributed by atoms with Gasteiger partial charge in [-0.25, -0.2) is 8.78 Å². The van der Waals surface area contributed by atoms with Crippen LogP contribution in [0, 0.1) is 17.6 Å². The lowest BCUT2D eigenvalue weighted by atomic mass is 10.0. The lowest BCUT2D eigenvalue weighted by molar-refractivity contribution is -0.132. The Morgan fingerprint density at radius 1 is 1.32 bits per heavy atom. The quantitative estimate of drug-likeness (QED) is 0.892. The highest BCUT2D eigenvalue weighted by Crippen LogP contribution is 2.12. The Morgan fingerprint density at radius 3 is 2.47 bits per heavy atom. The second-order valence-electron chi connectivity index (χ2n) is 5.18. The van der Waals surface area contributed by atoms with Gasteiger partial charge < -0.3 is 10.6 Å². The summed E-state index contributed by atoms with van der Waals surface area (Å²) in [5.41, 5.74) is 6.34. The first-order valence-electron chi connectivity index (χ1n) is 6.25. The minimum Gasteiger partial charge on any atom is -0.340 e. The zero-order valence-corrected chi connectivity index (χ0v) is 11.5. The average Bonchev–Trinajstić information content (AvgIpc) is 2.32. The Kier molecular flexibility index (Phi) is 5.42. The summed E-state index contributed by atoms with van der Waals surface area (Å²) in [6.45, 7) is 4.19. The van der Waals surface area contributed by atoms with Crippen molar-refractivity contribution in [2.75, 3.05) is 7.05 Å². The topological polar surface area (TPSA) is 46.3 Å². The van der Waals surface area contributed by atoms with Crippen LogP contribution in [-0.4, -0.2) is 23.9 Å². The van der Waals surface area contributed by atoms with Crippen molar-refractivity contribution in [1.29, 1.82) is 0 Å². The molecule has 0 spiro atoms. The van der Waals surface area contributed by atoms with Gasteiger partial charge in [-0.2, -0.15) is 0 Å². The standard InChI is InChI=1S/C14H20F2N2O/c1-9(2)6-13(17)14(19)18(3)8-10-4-5-11(15)12(16)7-10/h4-5,7,9,13H,6,8,17H2,1-3H3/t13-/m0/s1. The Balaban J connectivity index is 2.65. The second kappa shape index (κ2) is 6.61. The van der Waals surface area contributed by atoms with Gasteiger partial charge in [-0.3, -0.25) is 4.79 Å². The molecule has 0 fully saturated rings. The van der Waals surface area contributed by atoms with E-state index in [1.807, 2.05) is 13.8 Å². The number of halogens is 2. The minimum absolute atomic E-state index is 0.196. The van der Waals surface area contributed by atoms with Crippen molar-refractivity contribution >= 4 is 5.91 Å². The van der Waals surface area contributed by atoms with E-state index in [2.05, 4.69) is 0 Å². The van der Waals surface area contributed by atoms with Crippen molar-refractivity contribution in [3.63, 3.8) is 0 Å². The van der Waals surface area contributed by atoms with Crippen molar-refractivity contribution in [3.05, 3.63) is 35.4 Å². The van der Waals surface area contributed by atoms with Crippen LogP contribution in [0.1, 0.15) is 25.8 Å². The Bertz CT molecular complexity index is 449. The van der Waals surface area contributed by atoms with Gasteiger partial charge in [0.1, 0.15) is 0 Å². The van der Waals surface area contributed by atoms with E-state index in [-0.39, 0.29) is 12.5 Å². The molecule has 0 aliphatic heterocycles. The molecular formula is C14H20F2N2O. The number of amides is 1. The number of hydrogen-bond donors (Lipinski definition) is 1. The van der Waals surface area contributed by atoms with Crippen molar-refractivity contribution in [1.82, 2.24) is 4.90 Å². The van der Waals surface area contributed by atoms with Gasteiger partial charge in [0.2, 0.25) is 5.91 Å². The van der Waals surface area contributed by atoms with Crippen LogP contribution in [-0.2, 0) is 11.3 Å². The van der Waals surface area contributed by atoms with Gasteiger partial charge in [0, 0.05) is 13.6 Å². The number of nitrogens with two attached hydrogens (primary N) is 1. The third-order valence-corrected chi connectivity index (χ3v) is 2.82. The molecule has 106 valence electrons. The first kappa shape index (κ1) is 15.6. The summed E-state index contributed by atoms with van der Waals surface area (Å²) >= 11 is 0. The maximum absolute atomic E-state index is 13.1. The maximum Gasteiger partial charge on any atom is 0.239 e. The molecule has 19 heavy (non-hydrogen) atoms. The van der Waals surface area contributed by atoms with Crippen LogP contribution in [0.3, 0.4) is 0 Å². The van der Waals surface area contributed by atoms with E-state index in [9.17, 15) is 13.6 Å². The summed E-state index contributed by atoms with van der Waals surface area (Å²) in [5, 5.41) is 0. The maximum atomic E-state index is 13.1. The minimum atomic E-state index is -0.912. The number of hydrogen-bond acceptors (Lipinski definition) is 2. The second-order valence-corrected chi connectivity index (χ2v) is 5.18. The third-order valence-electron chi connectivity index (χ3n) is 2.82. The molecule has 0 aliphatic rings. The highest BCUT2D eigenvalue weighted by molar-refractivity contribution is 5.81. The molecule has 0 saturated carbocycles. The van der Waals surface area contributed by atoms with Crippen LogP contribution in [0.2, 0.25) is 0 Å². The smallest absolute Gasteiger partial charge is 0.239 e. The molecule has 0 bridgehead atoms. The summed E-state index contributed by atoms with van der Waals surface area (Å²) in [4.78, 5) is 13.4. The van der Waals surface area contributed by atoms with E-state index in [1.165, 1.54) is 11.0 Å². The monoisotopic (exact) mass is 270 g/mol. The Labute approximate surface area is 112 Å². The fourth-order valence-electron chi connectivity index (χ4n) is 1.88. The molecule has 1 atom stereocenters. The Hall–Kier alpha value is -1.49. The summed E-state index contributed by atoms with van der Waals surface area (Å²) in [6.07, 6.45) is 0.598. The summed E-state index contributed by atoms with van der Waals surface area (Å²) in [6, 6.07) is 3.04. The predicted octanol–water partition coefficient (Wildman–Crippen LogP) is 2.30. The van der Waals surface area contributed by atoms with Gasteiger partial charge >= 0.3 is 0 Å². The molecule has 0 radical (unpaired) electrons. The normalized spacial score (nSPS) is 12.6. The van der Waals surface area contributed by atoms with Gasteiger partial charge in [0.15, 0.2) is 11.6 Å². The highest BCUT2D eigenvalue weighted by Gasteiger charge is 2.19. The zero-order chi connectivity index (χ0) is 14.6. The van der Waals surface area contributed by atoms with E-state index in [0.29, 0.717) is 17.9 Å². The van der Waals surface area contributed by atoms with E-state index >= 15 is 0 Å². The van der Waals surface area contributed by atoms with Gasteiger partial charge in [0.05, 0.1) is 6.04 Å². The number of carbonyl (C=O) groups is 1. The van der Waals surface area contributed by atoms with Crippen LogP contribution in [0.25, 0.3) is 0 Å². The fraction of sp³-hybridized carbons (Fsp3) is 0.500. The van der Waals surface area contributed by atoms with E-state index < -0.39 is 17.7 Å². The highest BCUT2D eigenvalue weighted by atomic mass is 19.2. The van der Waals surface area contributed by atoms with E-state index in [4.69, 9.17) is 5.73 Å². The van der Waals surface area contributed by atoms with Gasteiger partial charge in [-0.05, 0) is 30.0 Å². The molecule has 0 aliphatic carbocycles. The summed E-state index contributed by atoms with van der Waals surface area (Å²) < 4.78 is 25.8. The molecule has 2 N–H and O–H groups in total. The van der Waals surface area contributed by atoms with Gasteiger partial charge in [0.25, 0.3) is 0 Å². The predicted molar refractivity (Wildman–Crippen MR) is 70.3 cm³/mol. The van der Waals surface area contributed by atoms with Crippen LogP contribution >= 0.6 is 0 Å². The van der Waals surface area contributed by atoms with Gasteiger partial charge in [-0.15, -0.1) is 0 Å². The van der Waals surface area contributed by atoms with Crippen molar-refractivity contribution in [2.45, 2.75) is 32.9 Å². The number of carbonyl (C=O) groups excluding carboxylic acids is 1. The summed E-state index contributed by atoms with van der Waals surface area (Å²) in [5.74, 6) is -1.67. The van der Waals surface area contributed by atoms with Gasteiger partial charge in [-0.1, -0.05) is 19.9 Å². The SMILES string of the molecule is CC(C)C[C@H](N)C(=O)N(C)Cc1ccc(F)c(F)c1. The largest absolute Gasteiger partial charge is 0.340 e. The first-order valence-corrected chi connectivity index (χ1v) is 6.25. The Morgan fingerprint density at radius 2 is 1.95 bits per heavy atom. The molecule has 0 aromatic heterocycles. The van der Waals surface area contributed by atoms with Crippen molar-refractivity contribution in [3.8, 4) is 0 Å². The molecule has 1 amide bonds.